The van der Waals surface area contributed by atoms with E-state index in [2.05, 4.69) is 4.90 Å². The standard InChI is InChI=1S/C23H23ClF2N2O2/c24-17-3-5-20(6-4-17)28-22(29)14-21(23(28)30)27-9-7-15(8-10-27)1-2-16-11-18(25)13-19(26)12-16/h3-6,11-13,15,21H,1-2,7-10,14H2. The molecule has 1 unspecified atom stereocenters. The molecule has 0 N–H and O–H groups in total. The summed E-state index contributed by atoms with van der Waals surface area (Å²) in [6, 6.07) is 9.92. The number of amides is 2. The molecule has 2 amide bonds. The van der Waals surface area contributed by atoms with Crippen LogP contribution >= 0.6 is 11.6 Å². The molecule has 0 aliphatic carbocycles. The number of carbonyl (C=O) groups is 2. The Morgan fingerprint density at radius 3 is 2.23 bits per heavy atom. The predicted molar refractivity (Wildman–Crippen MR) is 111 cm³/mol. The third-order valence-corrected chi connectivity index (χ3v) is 6.31. The van der Waals surface area contributed by atoms with Gasteiger partial charge in [-0.25, -0.2) is 13.7 Å². The van der Waals surface area contributed by atoms with Gasteiger partial charge in [0.25, 0.3) is 5.91 Å². The highest BCUT2D eigenvalue weighted by molar-refractivity contribution is 6.30. The lowest BCUT2D eigenvalue weighted by molar-refractivity contribution is -0.123. The summed E-state index contributed by atoms with van der Waals surface area (Å²) in [6.45, 7) is 1.47. The van der Waals surface area contributed by atoms with Crippen LogP contribution in [0, 0.1) is 17.6 Å². The first-order chi connectivity index (χ1) is 14.4. The minimum Gasteiger partial charge on any atom is -0.292 e. The van der Waals surface area contributed by atoms with Gasteiger partial charge in [0.15, 0.2) is 0 Å². The largest absolute Gasteiger partial charge is 0.292 e. The monoisotopic (exact) mass is 432 g/mol. The van der Waals surface area contributed by atoms with Crippen molar-refractivity contribution in [2.45, 2.75) is 38.1 Å². The van der Waals surface area contributed by atoms with E-state index >= 15 is 0 Å². The number of aryl methyl sites for hydroxylation is 1. The van der Waals surface area contributed by atoms with Gasteiger partial charge in [-0.15, -0.1) is 0 Å². The second-order valence-corrected chi connectivity index (χ2v) is 8.50. The molecule has 2 heterocycles. The molecule has 0 bridgehead atoms. The van der Waals surface area contributed by atoms with Gasteiger partial charge in [-0.2, -0.15) is 0 Å². The Morgan fingerprint density at radius 2 is 1.60 bits per heavy atom. The predicted octanol–water partition coefficient (Wildman–Crippen LogP) is 4.59. The van der Waals surface area contributed by atoms with E-state index in [1.54, 1.807) is 24.3 Å². The van der Waals surface area contributed by atoms with E-state index in [9.17, 15) is 18.4 Å². The van der Waals surface area contributed by atoms with Gasteiger partial charge in [0.05, 0.1) is 18.2 Å². The number of likely N-dealkylation sites (tertiary alicyclic amines) is 1. The number of carbonyl (C=O) groups excluding carboxylic acids is 2. The van der Waals surface area contributed by atoms with Gasteiger partial charge < -0.3 is 0 Å². The highest BCUT2D eigenvalue weighted by Crippen LogP contribution is 2.30. The zero-order valence-corrected chi connectivity index (χ0v) is 17.2. The number of hydrogen-bond acceptors (Lipinski definition) is 3. The van der Waals surface area contributed by atoms with E-state index in [0.29, 0.717) is 28.6 Å². The van der Waals surface area contributed by atoms with Crippen LogP contribution in [0.4, 0.5) is 14.5 Å². The molecule has 30 heavy (non-hydrogen) atoms. The first-order valence-corrected chi connectivity index (χ1v) is 10.6. The van der Waals surface area contributed by atoms with E-state index in [1.807, 2.05) is 0 Å². The zero-order valence-electron chi connectivity index (χ0n) is 16.5. The minimum absolute atomic E-state index is 0.184. The summed E-state index contributed by atoms with van der Waals surface area (Å²) < 4.78 is 26.7. The maximum Gasteiger partial charge on any atom is 0.251 e. The number of hydrogen-bond donors (Lipinski definition) is 0. The van der Waals surface area contributed by atoms with Gasteiger partial charge in [0.1, 0.15) is 11.6 Å². The molecule has 2 aliphatic rings. The first-order valence-electron chi connectivity index (χ1n) is 10.2. The summed E-state index contributed by atoms with van der Waals surface area (Å²) in [5, 5.41) is 0.553. The van der Waals surface area contributed by atoms with Crippen molar-refractivity contribution in [1.29, 1.82) is 0 Å². The van der Waals surface area contributed by atoms with E-state index in [4.69, 9.17) is 11.6 Å². The molecule has 2 aromatic rings. The summed E-state index contributed by atoms with van der Waals surface area (Å²) in [5.41, 5.74) is 1.22. The molecule has 2 aliphatic heterocycles. The van der Waals surface area contributed by atoms with Crippen molar-refractivity contribution in [3.05, 3.63) is 64.7 Å². The summed E-state index contributed by atoms with van der Waals surface area (Å²) in [7, 11) is 0. The van der Waals surface area contributed by atoms with Crippen LogP contribution in [-0.4, -0.2) is 35.8 Å². The number of piperidine rings is 1. The van der Waals surface area contributed by atoms with Gasteiger partial charge in [0, 0.05) is 11.1 Å². The molecular weight excluding hydrogens is 410 g/mol. The van der Waals surface area contributed by atoms with Crippen molar-refractivity contribution in [1.82, 2.24) is 4.90 Å². The van der Waals surface area contributed by atoms with Gasteiger partial charge in [-0.05, 0) is 86.7 Å². The highest BCUT2D eigenvalue weighted by atomic mass is 35.5. The molecule has 0 radical (unpaired) electrons. The summed E-state index contributed by atoms with van der Waals surface area (Å²) >= 11 is 5.90. The van der Waals surface area contributed by atoms with Crippen LogP contribution in [0.2, 0.25) is 5.02 Å². The third kappa shape index (κ3) is 4.55. The summed E-state index contributed by atoms with van der Waals surface area (Å²) in [4.78, 5) is 28.7. The fraction of sp³-hybridized carbons (Fsp3) is 0.391. The smallest absolute Gasteiger partial charge is 0.251 e. The number of anilines is 1. The topological polar surface area (TPSA) is 40.6 Å². The summed E-state index contributed by atoms with van der Waals surface area (Å²) in [5.74, 6) is -1.03. The minimum atomic E-state index is -0.547. The Hall–Kier alpha value is -2.31. The molecule has 0 spiro atoms. The Kier molecular flexibility index (Phi) is 6.16. The Morgan fingerprint density at radius 1 is 0.967 bits per heavy atom. The quantitative estimate of drug-likeness (QED) is 0.648. The maximum atomic E-state index is 13.3. The molecule has 158 valence electrons. The van der Waals surface area contributed by atoms with Crippen molar-refractivity contribution >= 4 is 29.1 Å². The molecule has 2 saturated heterocycles. The maximum absolute atomic E-state index is 13.3. The van der Waals surface area contributed by atoms with Crippen LogP contribution in [0.5, 0.6) is 0 Å². The SMILES string of the molecule is O=C1CC(N2CCC(CCc3cc(F)cc(F)c3)CC2)C(=O)N1c1ccc(Cl)cc1. The average molecular weight is 433 g/mol. The molecule has 4 rings (SSSR count). The third-order valence-electron chi connectivity index (χ3n) is 6.06. The molecule has 0 aromatic heterocycles. The lowest BCUT2D eigenvalue weighted by Crippen LogP contribution is -2.46. The van der Waals surface area contributed by atoms with Crippen molar-refractivity contribution in [2.24, 2.45) is 5.92 Å². The zero-order chi connectivity index (χ0) is 21.3. The van der Waals surface area contributed by atoms with Crippen LogP contribution in [0.15, 0.2) is 42.5 Å². The molecular formula is C23H23ClF2N2O2. The van der Waals surface area contributed by atoms with Gasteiger partial charge in [-0.1, -0.05) is 11.6 Å². The van der Waals surface area contributed by atoms with Crippen molar-refractivity contribution in [3.63, 3.8) is 0 Å². The van der Waals surface area contributed by atoms with Gasteiger partial charge in [0.2, 0.25) is 5.91 Å². The van der Waals surface area contributed by atoms with Crippen LogP contribution in [0.1, 0.15) is 31.2 Å². The van der Waals surface area contributed by atoms with Crippen LogP contribution in [-0.2, 0) is 16.0 Å². The van der Waals surface area contributed by atoms with Crippen LogP contribution < -0.4 is 4.90 Å². The van der Waals surface area contributed by atoms with Crippen LogP contribution in [0.25, 0.3) is 0 Å². The Labute approximate surface area is 179 Å². The van der Waals surface area contributed by atoms with Crippen molar-refractivity contribution in [3.8, 4) is 0 Å². The van der Waals surface area contributed by atoms with E-state index in [0.717, 1.165) is 38.4 Å². The molecule has 7 heteroatoms. The number of rotatable bonds is 5. The molecule has 1 atom stereocenters. The van der Waals surface area contributed by atoms with Crippen molar-refractivity contribution < 1.29 is 18.4 Å². The molecule has 2 fully saturated rings. The summed E-state index contributed by atoms with van der Waals surface area (Å²) in [6.07, 6.45) is 3.47. The van der Waals surface area contributed by atoms with Crippen LogP contribution in [0.3, 0.4) is 0 Å². The Bertz CT molecular complexity index is 922. The molecule has 2 aromatic carbocycles. The fourth-order valence-electron chi connectivity index (χ4n) is 4.44. The van der Waals surface area contributed by atoms with E-state index < -0.39 is 17.7 Å². The number of halogens is 3. The molecule has 4 nitrogen and oxygen atoms in total. The Balaban J connectivity index is 1.32. The van der Waals surface area contributed by atoms with Crippen molar-refractivity contribution in [2.75, 3.05) is 18.0 Å². The van der Waals surface area contributed by atoms with Gasteiger partial charge >= 0.3 is 0 Å². The number of benzene rings is 2. The fourth-order valence-corrected chi connectivity index (χ4v) is 4.57. The van der Waals surface area contributed by atoms with E-state index in [1.165, 1.54) is 17.0 Å². The molecule has 0 saturated carbocycles. The normalized spacial score (nSPS) is 20.9. The number of imide groups is 1. The first kappa shape index (κ1) is 20.9. The second-order valence-electron chi connectivity index (χ2n) is 8.06. The van der Waals surface area contributed by atoms with Gasteiger partial charge in [-0.3, -0.25) is 14.5 Å². The lowest BCUT2D eigenvalue weighted by Gasteiger charge is -2.34. The second kappa shape index (κ2) is 8.82. The van der Waals surface area contributed by atoms with E-state index in [-0.39, 0.29) is 18.2 Å². The average Bonchev–Trinajstić information content (AvgIpc) is 3.01. The highest BCUT2D eigenvalue weighted by Gasteiger charge is 2.43. The number of nitrogens with zero attached hydrogens (tertiary/aromatic N) is 2. The lowest BCUT2D eigenvalue weighted by atomic mass is 9.90.